The van der Waals surface area contributed by atoms with E-state index in [4.69, 9.17) is 9.84 Å². The van der Waals surface area contributed by atoms with E-state index in [9.17, 15) is 4.79 Å². The molecule has 0 saturated heterocycles. The van der Waals surface area contributed by atoms with Gasteiger partial charge in [-0.2, -0.15) is 5.10 Å². The van der Waals surface area contributed by atoms with Crippen molar-refractivity contribution in [3.8, 4) is 17.0 Å². The molecule has 0 aliphatic carbocycles. The van der Waals surface area contributed by atoms with Crippen LogP contribution in [-0.2, 0) is 18.3 Å². The normalized spacial score (nSPS) is 10.5. The molecule has 0 bridgehead atoms. The average molecular weight is 260 g/mol. The van der Waals surface area contributed by atoms with Gasteiger partial charge in [0, 0.05) is 24.4 Å². The highest BCUT2D eigenvalue weighted by Gasteiger charge is 2.16. The van der Waals surface area contributed by atoms with Gasteiger partial charge in [0.2, 0.25) is 0 Å². The highest BCUT2D eigenvalue weighted by atomic mass is 16.5. The van der Waals surface area contributed by atoms with Crippen LogP contribution in [-0.4, -0.2) is 28.0 Å². The molecule has 0 atom stereocenters. The summed E-state index contributed by atoms with van der Waals surface area (Å²) in [5, 5.41) is 13.3. The Morgan fingerprint density at radius 2 is 2.21 bits per heavy atom. The van der Waals surface area contributed by atoms with Crippen LogP contribution in [0.1, 0.15) is 11.1 Å². The second-order valence-corrected chi connectivity index (χ2v) is 4.45. The smallest absolute Gasteiger partial charge is 0.307 e. The maximum atomic E-state index is 10.9. The summed E-state index contributed by atoms with van der Waals surface area (Å²) in [4.78, 5) is 10.9. The Hall–Kier alpha value is -2.30. The molecule has 1 aromatic heterocycles. The summed E-state index contributed by atoms with van der Waals surface area (Å²) in [6.07, 6.45) is 1.67. The van der Waals surface area contributed by atoms with Gasteiger partial charge in [-0.3, -0.25) is 9.48 Å². The van der Waals surface area contributed by atoms with E-state index >= 15 is 0 Å². The number of carboxylic acid groups (broad SMARTS) is 1. The number of nitrogens with zero attached hydrogens (tertiary/aromatic N) is 2. The number of ether oxygens (including phenoxy) is 1. The minimum atomic E-state index is -0.874. The van der Waals surface area contributed by atoms with E-state index in [1.165, 1.54) is 0 Å². The molecule has 5 nitrogen and oxygen atoms in total. The first-order chi connectivity index (χ1) is 9.01. The van der Waals surface area contributed by atoms with Crippen molar-refractivity contribution >= 4 is 5.97 Å². The lowest BCUT2D eigenvalue weighted by atomic mass is 10.0. The lowest BCUT2D eigenvalue weighted by Crippen LogP contribution is -2.01. The third-order valence-corrected chi connectivity index (χ3v) is 2.86. The van der Waals surface area contributed by atoms with Crippen LogP contribution in [0.15, 0.2) is 24.4 Å². The van der Waals surface area contributed by atoms with E-state index in [1.807, 2.05) is 25.1 Å². The van der Waals surface area contributed by atoms with Gasteiger partial charge in [-0.05, 0) is 19.1 Å². The van der Waals surface area contributed by atoms with Crippen molar-refractivity contribution in [2.24, 2.45) is 7.05 Å². The Balaban J connectivity index is 2.57. The summed E-state index contributed by atoms with van der Waals surface area (Å²) in [6.45, 7) is 1.97. The maximum absolute atomic E-state index is 10.9. The van der Waals surface area contributed by atoms with Crippen molar-refractivity contribution in [1.29, 1.82) is 0 Å². The number of methoxy groups -OCH3 is 1. The minimum absolute atomic E-state index is 0.0553. The summed E-state index contributed by atoms with van der Waals surface area (Å²) in [5.74, 6) is -0.184. The lowest BCUT2D eigenvalue weighted by Gasteiger charge is -2.08. The molecule has 5 heteroatoms. The number of hydrogen-bond donors (Lipinski definition) is 1. The van der Waals surface area contributed by atoms with Gasteiger partial charge in [0.05, 0.1) is 19.2 Å². The fraction of sp³-hybridized carbons (Fsp3) is 0.286. The molecular weight excluding hydrogens is 244 g/mol. The molecular formula is C14H16N2O3. The topological polar surface area (TPSA) is 64.4 Å². The molecule has 0 aliphatic rings. The number of aromatic nitrogens is 2. The van der Waals surface area contributed by atoms with E-state index in [1.54, 1.807) is 25.0 Å². The molecule has 0 unspecified atom stereocenters. The molecule has 0 saturated carbocycles. The van der Waals surface area contributed by atoms with Gasteiger partial charge in [-0.15, -0.1) is 0 Å². The molecule has 100 valence electrons. The van der Waals surface area contributed by atoms with Crippen LogP contribution in [0.5, 0.6) is 5.75 Å². The van der Waals surface area contributed by atoms with Crippen molar-refractivity contribution in [2.75, 3.05) is 7.11 Å². The Kier molecular flexibility index (Phi) is 3.55. The number of aliphatic carboxylic acids is 1. The molecule has 0 aliphatic heterocycles. The second-order valence-electron chi connectivity index (χ2n) is 4.45. The number of aryl methyl sites for hydroxylation is 2. The standard InChI is InChI=1S/C14H16N2O3/c1-9-4-5-12(19-3)11(6-9)14-10(7-13(17)18)8-16(2)15-14/h4-6,8H,7H2,1-3H3,(H,17,18). The highest BCUT2D eigenvalue weighted by molar-refractivity contribution is 5.77. The zero-order valence-corrected chi connectivity index (χ0v) is 11.2. The van der Waals surface area contributed by atoms with Crippen molar-refractivity contribution in [3.05, 3.63) is 35.5 Å². The van der Waals surface area contributed by atoms with Crippen LogP contribution in [0, 0.1) is 6.92 Å². The Morgan fingerprint density at radius 1 is 1.47 bits per heavy atom. The van der Waals surface area contributed by atoms with E-state index in [0.29, 0.717) is 17.0 Å². The summed E-state index contributed by atoms with van der Waals surface area (Å²) in [6, 6.07) is 5.76. The van der Waals surface area contributed by atoms with Gasteiger partial charge >= 0.3 is 5.97 Å². The first kappa shape index (κ1) is 13.1. The first-order valence-electron chi connectivity index (χ1n) is 5.90. The van der Waals surface area contributed by atoms with Gasteiger partial charge in [0.15, 0.2) is 0 Å². The molecule has 0 radical (unpaired) electrons. The van der Waals surface area contributed by atoms with E-state index in [-0.39, 0.29) is 6.42 Å². The van der Waals surface area contributed by atoms with E-state index < -0.39 is 5.97 Å². The van der Waals surface area contributed by atoms with Gasteiger partial charge in [-0.1, -0.05) is 11.6 Å². The average Bonchev–Trinajstić information content (AvgIpc) is 2.69. The molecule has 1 N–H and O–H groups in total. The summed E-state index contributed by atoms with van der Waals surface area (Å²) in [7, 11) is 3.37. The fourth-order valence-corrected chi connectivity index (χ4v) is 2.06. The molecule has 1 heterocycles. The number of carboxylic acids is 1. The number of carbonyl (C=O) groups is 1. The second kappa shape index (κ2) is 5.14. The zero-order chi connectivity index (χ0) is 14.0. The van der Waals surface area contributed by atoms with Gasteiger partial charge < -0.3 is 9.84 Å². The monoisotopic (exact) mass is 260 g/mol. The molecule has 0 amide bonds. The summed E-state index contributed by atoms with van der Waals surface area (Å²) in [5.41, 5.74) is 3.23. The van der Waals surface area contributed by atoms with Gasteiger partial charge in [-0.25, -0.2) is 0 Å². The van der Waals surface area contributed by atoms with Crippen LogP contribution in [0.3, 0.4) is 0 Å². The van der Waals surface area contributed by atoms with Crippen LogP contribution >= 0.6 is 0 Å². The summed E-state index contributed by atoms with van der Waals surface area (Å²) < 4.78 is 6.95. The Morgan fingerprint density at radius 3 is 2.84 bits per heavy atom. The third kappa shape index (κ3) is 2.76. The van der Waals surface area contributed by atoms with E-state index in [0.717, 1.165) is 11.1 Å². The van der Waals surface area contributed by atoms with Crippen LogP contribution in [0.2, 0.25) is 0 Å². The predicted molar refractivity (Wildman–Crippen MR) is 71.3 cm³/mol. The zero-order valence-electron chi connectivity index (χ0n) is 11.2. The van der Waals surface area contributed by atoms with Crippen molar-refractivity contribution in [3.63, 3.8) is 0 Å². The van der Waals surface area contributed by atoms with Crippen LogP contribution in [0.25, 0.3) is 11.3 Å². The summed E-state index contributed by atoms with van der Waals surface area (Å²) >= 11 is 0. The number of benzene rings is 1. The molecule has 2 aromatic rings. The maximum Gasteiger partial charge on any atom is 0.307 e. The van der Waals surface area contributed by atoms with Crippen LogP contribution in [0.4, 0.5) is 0 Å². The molecule has 2 rings (SSSR count). The minimum Gasteiger partial charge on any atom is -0.496 e. The quantitative estimate of drug-likeness (QED) is 0.913. The molecule has 19 heavy (non-hydrogen) atoms. The van der Waals surface area contributed by atoms with Crippen molar-refractivity contribution in [1.82, 2.24) is 9.78 Å². The Bertz CT molecular complexity index is 617. The lowest BCUT2D eigenvalue weighted by molar-refractivity contribution is -0.136. The van der Waals surface area contributed by atoms with Crippen molar-refractivity contribution < 1.29 is 14.6 Å². The van der Waals surface area contributed by atoms with Crippen molar-refractivity contribution in [2.45, 2.75) is 13.3 Å². The van der Waals surface area contributed by atoms with Gasteiger partial charge in [0.25, 0.3) is 0 Å². The van der Waals surface area contributed by atoms with Gasteiger partial charge in [0.1, 0.15) is 5.75 Å². The predicted octanol–water partition coefficient (Wildman–Crippen LogP) is 2.03. The fourth-order valence-electron chi connectivity index (χ4n) is 2.06. The van der Waals surface area contributed by atoms with E-state index in [2.05, 4.69) is 5.10 Å². The first-order valence-corrected chi connectivity index (χ1v) is 5.90. The van der Waals surface area contributed by atoms with Crippen LogP contribution < -0.4 is 4.74 Å². The molecule has 0 fully saturated rings. The number of hydrogen-bond acceptors (Lipinski definition) is 3. The number of rotatable bonds is 4. The highest BCUT2D eigenvalue weighted by Crippen LogP contribution is 2.32. The Labute approximate surface area is 111 Å². The largest absolute Gasteiger partial charge is 0.496 e. The molecule has 1 aromatic carbocycles. The third-order valence-electron chi connectivity index (χ3n) is 2.86. The SMILES string of the molecule is COc1ccc(C)cc1-c1nn(C)cc1CC(=O)O. The molecule has 0 spiro atoms.